The van der Waals surface area contributed by atoms with Crippen LogP contribution in [0.5, 0.6) is 0 Å². The molecule has 0 aliphatic heterocycles. The van der Waals surface area contributed by atoms with Gasteiger partial charge >= 0.3 is 0 Å². The molecule has 0 atom stereocenters. The fraction of sp³-hybridized carbons (Fsp3) is 0.167. The first-order chi connectivity index (χ1) is 14.1. The molecule has 4 nitrogen and oxygen atoms in total. The van der Waals surface area contributed by atoms with Crippen LogP contribution in [0.25, 0.3) is 0 Å². The van der Waals surface area contributed by atoms with Gasteiger partial charge in [0, 0.05) is 12.5 Å². The number of carbonyl (C=O) groups is 2. The van der Waals surface area contributed by atoms with Gasteiger partial charge in [0.05, 0.1) is 17.1 Å². The molecule has 0 aromatic heterocycles. The van der Waals surface area contributed by atoms with Gasteiger partial charge in [0.15, 0.2) is 0 Å². The molecule has 3 rings (SSSR count). The quantitative estimate of drug-likeness (QED) is 0.582. The highest BCUT2D eigenvalue weighted by Gasteiger charge is 2.15. The SMILES string of the molecule is O=C(CNC(=O)c1ccccc1Cl)NCCC(c1ccccc1)c1ccccc1. The van der Waals surface area contributed by atoms with Gasteiger partial charge in [-0.05, 0) is 29.7 Å². The number of amides is 2. The monoisotopic (exact) mass is 406 g/mol. The molecule has 0 unspecified atom stereocenters. The summed E-state index contributed by atoms with van der Waals surface area (Å²) in [4.78, 5) is 24.3. The van der Waals surface area contributed by atoms with E-state index >= 15 is 0 Å². The molecule has 2 amide bonds. The Morgan fingerprint density at radius 1 is 0.759 bits per heavy atom. The van der Waals surface area contributed by atoms with Crippen molar-refractivity contribution in [1.82, 2.24) is 10.6 Å². The van der Waals surface area contributed by atoms with Crippen LogP contribution < -0.4 is 10.6 Å². The second-order valence-corrected chi connectivity index (χ2v) is 7.08. The Bertz CT molecular complexity index is 906. The Balaban J connectivity index is 1.52. The predicted molar refractivity (Wildman–Crippen MR) is 116 cm³/mol. The van der Waals surface area contributed by atoms with E-state index < -0.39 is 0 Å². The summed E-state index contributed by atoms with van der Waals surface area (Å²) in [5.74, 6) is -0.405. The largest absolute Gasteiger partial charge is 0.355 e. The van der Waals surface area contributed by atoms with Crippen LogP contribution in [-0.4, -0.2) is 24.9 Å². The maximum Gasteiger partial charge on any atom is 0.253 e. The van der Waals surface area contributed by atoms with E-state index in [1.807, 2.05) is 36.4 Å². The zero-order valence-corrected chi connectivity index (χ0v) is 16.7. The molecule has 0 radical (unpaired) electrons. The summed E-state index contributed by atoms with van der Waals surface area (Å²) in [6, 6.07) is 27.2. The molecule has 0 saturated carbocycles. The molecule has 2 N–H and O–H groups in total. The number of rotatable bonds is 8. The summed E-state index contributed by atoms with van der Waals surface area (Å²) >= 11 is 6.01. The first-order valence-corrected chi connectivity index (χ1v) is 9.92. The summed E-state index contributed by atoms with van der Waals surface area (Å²) < 4.78 is 0. The van der Waals surface area contributed by atoms with E-state index in [-0.39, 0.29) is 24.3 Å². The van der Waals surface area contributed by atoms with Gasteiger partial charge in [0.1, 0.15) is 0 Å². The zero-order chi connectivity index (χ0) is 20.5. The Labute approximate surface area is 175 Å². The van der Waals surface area contributed by atoms with Gasteiger partial charge in [-0.25, -0.2) is 0 Å². The minimum atomic E-state index is -0.364. The summed E-state index contributed by atoms with van der Waals surface area (Å²) in [5, 5.41) is 5.85. The first kappa shape index (κ1) is 20.6. The molecule has 0 spiro atoms. The van der Waals surface area contributed by atoms with Crippen LogP contribution in [0.2, 0.25) is 5.02 Å². The van der Waals surface area contributed by atoms with Crippen LogP contribution in [0.4, 0.5) is 0 Å². The molecule has 0 bridgehead atoms. The first-order valence-electron chi connectivity index (χ1n) is 9.54. The molecule has 148 valence electrons. The van der Waals surface area contributed by atoms with Crippen LogP contribution in [0.15, 0.2) is 84.9 Å². The van der Waals surface area contributed by atoms with Gasteiger partial charge < -0.3 is 10.6 Å². The third-order valence-electron chi connectivity index (χ3n) is 4.69. The Morgan fingerprint density at radius 2 is 1.31 bits per heavy atom. The molecule has 5 heteroatoms. The summed E-state index contributed by atoms with van der Waals surface area (Å²) in [6.45, 7) is 0.417. The zero-order valence-electron chi connectivity index (χ0n) is 16.0. The van der Waals surface area contributed by atoms with E-state index in [4.69, 9.17) is 11.6 Å². The van der Waals surface area contributed by atoms with Crippen LogP contribution in [0, 0.1) is 0 Å². The molecular formula is C24H23ClN2O2. The number of hydrogen-bond donors (Lipinski definition) is 2. The van der Waals surface area contributed by atoms with Crippen LogP contribution in [-0.2, 0) is 4.79 Å². The van der Waals surface area contributed by atoms with Gasteiger partial charge in [0.2, 0.25) is 5.91 Å². The van der Waals surface area contributed by atoms with Crippen molar-refractivity contribution >= 4 is 23.4 Å². The van der Waals surface area contributed by atoms with E-state index in [2.05, 4.69) is 34.9 Å². The molecule has 0 aliphatic carbocycles. The van der Waals surface area contributed by atoms with Crippen molar-refractivity contribution in [2.75, 3.05) is 13.1 Å². The summed E-state index contributed by atoms with van der Waals surface area (Å²) in [5.41, 5.74) is 2.77. The van der Waals surface area contributed by atoms with Crippen LogP contribution in [0.3, 0.4) is 0 Å². The molecule has 3 aromatic rings. The van der Waals surface area contributed by atoms with Gasteiger partial charge in [0.25, 0.3) is 5.91 Å². The average Bonchev–Trinajstić information content (AvgIpc) is 2.76. The van der Waals surface area contributed by atoms with Crippen molar-refractivity contribution < 1.29 is 9.59 Å². The minimum absolute atomic E-state index is 0.0919. The summed E-state index contributed by atoms with van der Waals surface area (Å²) in [7, 11) is 0. The fourth-order valence-corrected chi connectivity index (χ4v) is 3.44. The van der Waals surface area contributed by atoms with E-state index in [0.717, 1.165) is 6.42 Å². The highest BCUT2D eigenvalue weighted by molar-refractivity contribution is 6.33. The lowest BCUT2D eigenvalue weighted by Crippen LogP contribution is -2.37. The van der Waals surface area contributed by atoms with Gasteiger partial charge in [-0.15, -0.1) is 0 Å². The lowest BCUT2D eigenvalue weighted by molar-refractivity contribution is -0.120. The van der Waals surface area contributed by atoms with Crippen molar-refractivity contribution in [3.63, 3.8) is 0 Å². The third kappa shape index (κ3) is 5.93. The smallest absolute Gasteiger partial charge is 0.253 e. The second-order valence-electron chi connectivity index (χ2n) is 6.68. The van der Waals surface area contributed by atoms with E-state index in [9.17, 15) is 9.59 Å². The normalized spacial score (nSPS) is 10.6. The van der Waals surface area contributed by atoms with Crippen LogP contribution in [0.1, 0.15) is 33.8 Å². The minimum Gasteiger partial charge on any atom is -0.355 e. The number of halogens is 1. The topological polar surface area (TPSA) is 58.2 Å². The number of benzene rings is 3. The van der Waals surface area contributed by atoms with Gasteiger partial charge in [-0.3, -0.25) is 9.59 Å². The average molecular weight is 407 g/mol. The highest BCUT2D eigenvalue weighted by Crippen LogP contribution is 2.27. The molecule has 0 fully saturated rings. The fourth-order valence-electron chi connectivity index (χ4n) is 3.22. The predicted octanol–water partition coefficient (Wildman–Crippen LogP) is 4.41. The Kier molecular flexibility index (Phi) is 7.42. The van der Waals surface area contributed by atoms with Crippen molar-refractivity contribution in [1.29, 1.82) is 0 Å². The van der Waals surface area contributed by atoms with Crippen molar-refractivity contribution in [2.24, 2.45) is 0 Å². The maximum absolute atomic E-state index is 12.2. The van der Waals surface area contributed by atoms with Gasteiger partial charge in [-0.1, -0.05) is 84.4 Å². The number of hydrogen-bond acceptors (Lipinski definition) is 2. The van der Waals surface area contributed by atoms with E-state index in [1.54, 1.807) is 24.3 Å². The number of nitrogens with one attached hydrogen (secondary N) is 2. The maximum atomic E-state index is 12.2. The van der Waals surface area contributed by atoms with Gasteiger partial charge in [-0.2, -0.15) is 0 Å². The molecule has 0 aliphatic rings. The van der Waals surface area contributed by atoms with E-state index in [1.165, 1.54) is 11.1 Å². The Hall–Kier alpha value is -3.11. The van der Waals surface area contributed by atoms with Crippen molar-refractivity contribution in [2.45, 2.75) is 12.3 Å². The molecule has 0 heterocycles. The molecule has 3 aromatic carbocycles. The third-order valence-corrected chi connectivity index (χ3v) is 5.02. The van der Waals surface area contributed by atoms with Crippen molar-refractivity contribution in [3.8, 4) is 0 Å². The molecule has 0 saturated heterocycles. The van der Waals surface area contributed by atoms with Crippen LogP contribution >= 0.6 is 11.6 Å². The lowest BCUT2D eigenvalue weighted by atomic mass is 9.88. The van der Waals surface area contributed by atoms with E-state index in [0.29, 0.717) is 17.1 Å². The molecule has 29 heavy (non-hydrogen) atoms. The standard InChI is InChI=1S/C24H23ClN2O2/c25-22-14-8-7-13-21(22)24(29)27-17-23(28)26-16-15-20(18-9-3-1-4-10-18)19-11-5-2-6-12-19/h1-14,20H,15-17H2,(H,26,28)(H,27,29). The highest BCUT2D eigenvalue weighted by atomic mass is 35.5. The molecular weight excluding hydrogens is 384 g/mol. The number of carbonyl (C=O) groups excluding carboxylic acids is 2. The second kappa shape index (κ2) is 10.4. The van der Waals surface area contributed by atoms with Crippen molar-refractivity contribution in [3.05, 3.63) is 107 Å². The Morgan fingerprint density at radius 3 is 1.90 bits per heavy atom. The lowest BCUT2D eigenvalue weighted by Gasteiger charge is -2.18. The summed E-state index contributed by atoms with van der Waals surface area (Å²) in [6.07, 6.45) is 0.762.